The zero-order chi connectivity index (χ0) is 12.4. The molecule has 0 bridgehead atoms. The zero-order valence-electron chi connectivity index (χ0n) is 9.61. The van der Waals surface area contributed by atoms with E-state index in [0.717, 1.165) is 18.7 Å². The molecule has 6 heteroatoms. The van der Waals surface area contributed by atoms with E-state index in [9.17, 15) is 4.79 Å². The Bertz CT molecular complexity index is 565. The summed E-state index contributed by atoms with van der Waals surface area (Å²) in [5, 5.41) is 8.43. The second-order valence-corrected chi connectivity index (χ2v) is 4.04. The van der Waals surface area contributed by atoms with E-state index < -0.39 is 5.97 Å². The highest BCUT2D eigenvalue weighted by Crippen LogP contribution is 2.19. The van der Waals surface area contributed by atoms with Gasteiger partial charge in [-0.1, -0.05) is 18.5 Å². The molecule has 0 aromatic carbocycles. The van der Waals surface area contributed by atoms with Crippen LogP contribution in [-0.2, 0) is 11.2 Å². The third kappa shape index (κ3) is 2.10. The molecule has 0 radical (unpaired) electrons. The van der Waals surface area contributed by atoms with Crippen LogP contribution in [0.1, 0.15) is 29.5 Å². The van der Waals surface area contributed by atoms with Crippen molar-refractivity contribution < 1.29 is 9.53 Å². The number of hydrogen-bond acceptors (Lipinski definition) is 4. The Balaban J connectivity index is 2.60. The Morgan fingerprint density at radius 3 is 2.94 bits per heavy atom. The van der Waals surface area contributed by atoms with Gasteiger partial charge in [-0.15, -0.1) is 10.2 Å². The Hall–Kier alpha value is -1.62. The summed E-state index contributed by atoms with van der Waals surface area (Å²) in [7, 11) is 1.33. The van der Waals surface area contributed by atoms with Crippen LogP contribution in [0, 0.1) is 0 Å². The van der Waals surface area contributed by atoms with Crippen molar-refractivity contribution in [3.8, 4) is 0 Å². The minimum Gasteiger partial charge on any atom is -0.465 e. The van der Waals surface area contributed by atoms with E-state index in [4.69, 9.17) is 11.6 Å². The quantitative estimate of drug-likeness (QED) is 0.787. The monoisotopic (exact) mass is 253 g/mol. The molecule has 0 unspecified atom stereocenters. The van der Waals surface area contributed by atoms with Crippen molar-refractivity contribution in [2.45, 2.75) is 19.8 Å². The minimum atomic E-state index is -0.426. The summed E-state index contributed by atoms with van der Waals surface area (Å²) in [6, 6.07) is 1.53. The van der Waals surface area contributed by atoms with Gasteiger partial charge >= 0.3 is 5.97 Å². The molecule has 5 nitrogen and oxygen atoms in total. The number of hydrogen-bond donors (Lipinski definition) is 0. The molecule has 0 atom stereocenters. The Labute approximate surface area is 103 Å². The van der Waals surface area contributed by atoms with Crippen LogP contribution in [0.2, 0.25) is 5.02 Å². The molecule has 2 rings (SSSR count). The molecule has 0 N–H and O–H groups in total. The molecular formula is C11H12ClN3O2. The number of fused-ring (bicyclic) bond motifs is 1. The van der Waals surface area contributed by atoms with Gasteiger partial charge in [0.15, 0.2) is 5.65 Å². The van der Waals surface area contributed by atoms with Gasteiger partial charge in [0.25, 0.3) is 0 Å². The predicted molar refractivity (Wildman–Crippen MR) is 63.3 cm³/mol. The lowest BCUT2D eigenvalue weighted by Crippen LogP contribution is -2.04. The first-order valence-corrected chi connectivity index (χ1v) is 5.66. The highest BCUT2D eigenvalue weighted by atomic mass is 35.5. The SMILES string of the molecule is CCCc1nnc2c(Cl)cc(C(=O)OC)cn12. The van der Waals surface area contributed by atoms with Gasteiger partial charge in [0.05, 0.1) is 17.7 Å². The molecule has 17 heavy (non-hydrogen) atoms. The fourth-order valence-corrected chi connectivity index (χ4v) is 1.87. The number of rotatable bonds is 3. The Kier molecular flexibility index (Phi) is 3.28. The first-order chi connectivity index (χ1) is 8.17. The van der Waals surface area contributed by atoms with Crippen LogP contribution in [0.15, 0.2) is 12.3 Å². The average Bonchev–Trinajstić information content (AvgIpc) is 2.72. The number of halogens is 1. The van der Waals surface area contributed by atoms with E-state index in [0.29, 0.717) is 16.2 Å². The van der Waals surface area contributed by atoms with E-state index in [1.807, 2.05) is 6.92 Å². The standard InChI is InChI=1S/C11H12ClN3O2/c1-3-4-9-13-14-10-8(12)5-7(6-15(9)10)11(16)17-2/h5-6H,3-4H2,1-2H3. The topological polar surface area (TPSA) is 56.5 Å². The second kappa shape index (κ2) is 4.71. The number of aryl methyl sites for hydroxylation is 1. The molecule has 90 valence electrons. The van der Waals surface area contributed by atoms with Gasteiger partial charge in [0.1, 0.15) is 5.82 Å². The van der Waals surface area contributed by atoms with Gasteiger partial charge in [0.2, 0.25) is 0 Å². The maximum Gasteiger partial charge on any atom is 0.339 e. The van der Waals surface area contributed by atoms with Crippen LogP contribution >= 0.6 is 11.6 Å². The summed E-state index contributed by atoms with van der Waals surface area (Å²) >= 11 is 6.05. The number of esters is 1. The fraction of sp³-hybridized carbons (Fsp3) is 0.364. The predicted octanol–water partition coefficient (Wildman–Crippen LogP) is 2.12. The lowest BCUT2D eigenvalue weighted by molar-refractivity contribution is 0.0600. The lowest BCUT2D eigenvalue weighted by Gasteiger charge is -2.03. The van der Waals surface area contributed by atoms with Gasteiger partial charge in [-0.25, -0.2) is 4.79 Å². The number of methoxy groups -OCH3 is 1. The lowest BCUT2D eigenvalue weighted by atomic mass is 10.2. The largest absolute Gasteiger partial charge is 0.465 e. The highest BCUT2D eigenvalue weighted by Gasteiger charge is 2.13. The van der Waals surface area contributed by atoms with Gasteiger partial charge in [-0.05, 0) is 12.5 Å². The molecule has 2 aromatic rings. The van der Waals surface area contributed by atoms with Crippen LogP contribution < -0.4 is 0 Å². The molecule has 2 heterocycles. The summed E-state index contributed by atoms with van der Waals surface area (Å²) in [6.07, 6.45) is 3.38. The van der Waals surface area contributed by atoms with Crippen LogP contribution in [0.5, 0.6) is 0 Å². The third-order valence-corrected chi connectivity index (χ3v) is 2.70. The summed E-state index contributed by atoms with van der Waals surface area (Å²) < 4.78 is 6.40. The van der Waals surface area contributed by atoms with Crippen molar-refractivity contribution in [3.05, 3.63) is 28.7 Å². The van der Waals surface area contributed by atoms with Gasteiger partial charge in [-0.3, -0.25) is 4.40 Å². The summed E-state index contributed by atoms with van der Waals surface area (Å²) in [5.74, 6) is 0.361. The van der Waals surface area contributed by atoms with Crippen molar-refractivity contribution in [2.24, 2.45) is 0 Å². The van der Waals surface area contributed by atoms with E-state index >= 15 is 0 Å². The van der Waals surface area contributed by atoms with Gasteiger partial charge in [0, 0.05) is 12.6 Å². The van der Waals surface area contributed by atoms with Gasteiger partial charge in [-0.2, -0.15) is 0 Å². The fourth-order valence-electron chi connectivity index (χ4n) is 1.62. The van der Waals surface area contributed by atoms with Gasteiger partial charge < -0.3 is 4.74 Å². The second-order valence-electron chi connectivity index (χ2n) is 3.63. The highest BCUT2D eigenvalue weighted by molar-refractivity contribution is 6.33. The smallest absolute Gasteiger partial charge is 0.339 e. The van der Waals surface area contributed by atoms with E-state index in [1.54, 1.807) is 10.6 Å². The van der Waals surface area contributed by atoms with Crippen molar-refractivity contribution in [2.75, 3.05) is 7.11 Å². The van der Waals surface area contributed by atoms with Crippen LogP contribution in [0.3, 0.4) is 0 Å². The number of aromatic nitrogens is 3. The average molecular weight is 254 g/mol. The zero-order valence-corrected chi connectivity index (χ0v) is 10.4. The maximum atomic E-state index is 11.5. The molecular weight excluding hydrogens is 242 g/mol. The molecule has 0 saturated carbocycles. The maximum absolute atomic E-state index is 11.5. The Morgan fingerprint density at radius 1 is 1.53 bits per heavy atom. The molecule has 0 fully saturated rings. The Morgan fingerprint density at radius 2 is 2.29 bits per heavy atom. The van der Waals surface area contributed by atoms with E-state index in [1.165, 1.54) is 13.2 Å². The van der Waals surface area contributed by atoms with E-state index in [-0.39, 0.29) is 0 Å². The van der Waals surface area contributed by atoms with Crippen LogP contribution in [-0.4, -0.2) is 27.7 Å². The van der Waals surface area contributed by atoms with E-state index in [2.05, 4.69) is 14.9 Å². The molecule has 0 aliphatic carbocycles. The number of nitrogens with zero attached hydrogens (tertiary/aromatic N) is 3. The third-order valence-electron chi connectivity index (χ3n) is 2.43. The molecule has 0 spiro atoms. The normalized spacial score (nSPS) is 10.8. The number of ether oxygens (including phenoxy) is 1. The van der Waals surface area contributed by atoms with Crippen molar-refractivity contribution in [1.29, 1.82) is 0 Å². The summed E-state index contributed by atoms with van der Waals surface area (Å²) in [5.41, 5.74) is 0.949. The summed E-state index contributed by atoms with van der Waals surface area (Å²) in [6.45, 7) is 2.05. The molecule has 2 aromatic heterocycles. The molecule has 0 amide bonds. The minimum absolute atomic E-state index is 0.391. The van der Waals surface area contributed by atoms with Crippen molar-refractivity contribution >= 4 is 23.2 Å². The first-order valence-electron chi connectivity index (χ1n) is 5.28. The molecule has 0 aliphatic rings. The van der Waals surface area contributed by atoms with Crippen molar-refractivity contribution in [1.82, 2.24) is 14.6 Å². The number of carbonyl (C=O) groups is 1. The van der Waals surface area contributed by atoms with Crippen LogP contribution in [0.25, 0.3) is 5.65 Å². The number of carbonyl (C=O) groups excluding carboxylic acids is 1. The first kappa shape index (κ1) is 11.9. The molecule has 0 saturated heterocycles. The van der Waals surface area contributed by atoms with Crippen molar-refractivity contribution in [3.63, 3.8) is 0 Å². The summed E-state index contributed by atoms with van der Waals surface area (Å²) in [4.78, 5) is 11.5. The number of pyridine rings is 1. The van der Waals surface area contributed by atoms with Crippen LogP contribution in [0.4, 0.5) is 0 Å². The molecule has 0 aliphatic heterocycles.